The molecule has 0 saturated heterocycles. The lowest BCUT2D eigenvalue weighted by molar-refractivity contribution is 0.0962. The molecule has 0 radical (unpaired) electrons. The number of carbonyl (C=O) groups excluding carboxylic acids is 1. The van der Waals surface area contributed by atoms with Crippen LogP contribution in [0.1, 0.15) is 39.5 Å². The fourth-order valence-electron chi connectivity index (χ4n) is 2.71. The summed E-state index contributed by atoms with van der Waals surface area (Å²) in [5, 5.41) is 8.78. The topological polar surface area (TPSA) is 42.9 Å². The first-order chi connectivity index (χ1) is 9.16. The van der Waals surface area contributed by atoms with E-state index >= 15 is 0 Å². The van der Waals surface area contributed by atoms with E-state index in [0.29, 0.717) is 11.4 Å². The van der Waals surface area contributed by atoms with Gasteiger partial charge < -0.3 is 0 Å². The van der Waals surface area contributed by atoms with Crippen LogP contribution in [0, 0.1) is 6.92 Å². The molecule has 0 bridgehead atoms. The normalized spacial score (nSPS) is 18.2. The summed E-state index contributed by atoms with van der Waals surface area (Å²) < 4.78 is 0. The fourth-order valence-corrected chi connectivity index (χ4v) is 3.00. The van der Waals surface area contributed by atoms with Gasteiger partial charge in [0.05, 0.1) is 11.9 Å². The van der Waals surface area contributed by atoms with Crippen LogP contribution in [-0.2, 0) is 6.42 Å². The number of benzene rings is 1. The van der Waals surface area contributed by atoms with Crippen molar-refractivity contribution in [3.8, 4) is 0 Å². The Hall–Kier alpha value is -1.74. The molecule has 0 spiro atoms. The Morgan fingerprint density at radius 3 is 2.84 bits per heavy atom. The van der Waals surface area contributed by atoms with Crippen molar-refractivity contribution in [3.05, 3.63) is 57.9 Å². The Labute approximate surface area is 116 Å². The van der Waals surface area contributed by atoms with E-state index in [-0.39, 0.29) is 11.7 Å². The van der Waals surface area contributed by atoms with Crippen LogP contribution in [0.2, 0.25) is 5.02 Å². The van der Waals surface area contributed by atoms with Crippen molar-refractivity contribution >= 4 is 17.4 Å². The third-order valence-electron chi connectivity index (χ3n) is 3.61. The molecular formula is C15H13ClN2O. The number of carbonyl (C=O) groups is 1. The summed E-state index contributed by atoms with van der Waals surface area (Å²) in [4.78, 5) is 12.3. The van der Waals surface area contributed by atoms with E-state index in [4.69, 9.17) is 11.6 Å². The molecule has 0 amide bonds. The second kappa shape index (κ2) is 4.74. The molecule has 2 aromatic rings. The predicted octanol–water partition coefficient (Wildman–Crippen LogP) is 3.35. The molecule has 0 aliphatic heterocycles. The van der Waals surface area contributed by atoms with Crippen molar-refractivity contribution in [2.75, 3.05) is 0 Å². The van der Waals surface area contributed by atoms with Crippen LogP contribution in [0.15, 0.2) is 30.5 Å². The first kappa shape index (κ1) is 12.3. The highest BCUT2D eigenvalue weighted by molar-refractivity contribution is 6.31. The van der Waals surface area contributed by atoms with Crippen LogP contribution in [0.3, 0.4) is 0 Å². The highest BCUT2D eigenvalue weighted by Crippen LogP contribution is 2.35. The van der Waals surface area contributed by atoms with Crippen molar-refractivity contribution in [3.63, 3.8) is 0 Å². The number of Topliss-reactive ketones (excluding diaryl/α,β-unsaturated/α-hetero) is 1. The number of halogens is 1. The molecule has 1 atom stereocenters. The maximum Gasteiger partial charge on any atom is 0.165 e. The van der Waals surface area contributed by atoms with E-state index in [1.807, 2.05) is 31.2 Å². The van der Waals surface area contributed by atoms with Gasteiger partial charge in [0.2, 0.25) is 0 Å². The molecule has 3 rings (SSSR count). The quantitative estimate of drug-likeness (QED) is 0.799. The molecule has 1 aromatic carbocycles. The molecule has 1 aliphatic carbocycles. The lowest BCUT2D eigenvalue weighted by Gasteiger charge is -2.24. The Morgan fingerprint density at radius 2 is 2.05 bits per heavy atom. The van der Waals surface area contributed by atoms with Crippen molar-refractivity contribution in [2.24, 2.45) is 0 Å². The summed E-state index contributed by atoms with van der Waals surface area (Å²) in [7, 11) is 0. The van der Waals surface area contributed by atoms with Crippen molar-refractivity contribution in [1.29, 1.82) is 0 Å². The van der Waals surface area contributed by atoms with Gasteiger partial charge in [-0.1, -0.05) is 29.8 Å². The van der Waals surface area contributed by atoms with Crippen LogP contribution in [-0.4, -0.2) is 16.0 Å². The number of rotatable bonds is 1. The minimum Gasteiger partial charge on any atom is -0.294 e. The second-order valence-corrected chi connectivity index (χ2v) is 5.31. The van der Waals surface area contributed by atoms with Crippen LogP contribution in [0.4, 0.5) is 0 Å². The highest BCUT2D eigenvalue weighted by Gasteiger charge is 2.29. The summed E-state index contributed by atoms with van der Waals surface area (Å²) >= 11 is 6.22. The van der Waals surface area contributed by atoms with Crippen LogP contribution in [0.25, 0.3) is 0 Å². The third-order valence-corrected chi connectivity index (χ3v) is 3.95. The van der Waals surface area contributed by atoms with Gasteiger partial charge in [-0.05, 0) is 36.5 Å². The van der Waals surface area contributed by atoms with Crippen LogP contribution in [0.5, 0.6) is 0 Å². The van der Waals surface area contributed by atoms with Crippen molar-refractivity contribution in [1.82, 2.24) is 10.2 Å². The van der Waals surface area contributed by atoms with Crippen molar-refractivity contribution < 1.29 is 4.79 Å². The molecule has 1 aliphatic rings. The Kier molecular flexibility index (Phi) is 3.07. The smallest absolute Gasteiger partial charge is 0.165 e. The molecule has 19 heavy (non-hydrogen) atoms. The summed E-state index contributed by atoms with van der Waals surface area (Å²) in [6.45, 7) is 1.90. The van der Waals surface area contributed by atoms with E-state index in [2.05, 4.69) is 10.2 Å². The fraction of sp³-hybridized carbons (Fsp3) is 0.267. The largest absolute Gasteiger partial charge is 0.294 e. The molecule has 0 unspecified atom stereocenters. The minimum atomic E-state index is 0.102. The zero-order chi connectivity index (χ0) is 13.4. The lowest BCUT2D eigenvalue weighted by Crippen LogP contribution is -2.22. The maximum absolute atomic E-state index is 12.3. The van der Waals surface area contributed by atoms with Gasteiger partial charge >= 0.3 is 0 Å². The van der Waals surface area contributed by atoms with Crippen LogP contribution < -0.4 is 0 Å². The molecule has 3 nitrogen and oxygen atoms in total. The molecule has 96 valence electrons. The zero-order valence-corrected chi connectivity index (χ0v) is 11.3. The van der Waals surface area contributed by atoms with Crippen molar-refractivity contribution in [2.45, 2.75) is 25.7 Å². The van der Waals surface area contributed by atoms with Gasteiger partial charge in [0.25, 0.3) is 0 Å². The Bertz CT molecular complexity index is 654. The van der Waals surface area contributed by atoms with E-state index in [1.54, 1.807) is 6.20 Å². The number of hydrogen-bond donors (Lipinski definition) is 0. The van der Waals surface area contributed by atoms with E-state index in [9.17, 15) is 4.79 Å². The van der Waals surface area contributed by atoms with Gasteiger partial charge in [-0.2, -0.15) is 10.2 Å². The molecular weight excluding hydrogens is 260 g/mol. The van der Waals surface area contributed by atoms with Gasteiger partial charge in [-0.25, -0.2) is 0 Å². The SMILES string of the molecule is Cc1cnnc2c1C(=O)C[C@H](c1ccccc1Cl)C2. The zero-order valence-electron chi connectivity index (χ0n) is 10.6. The van der Waals surface area contributed by atoms with Gasteiger partial charge in [0, 0.05) is 17.0 Å². The predicted molar refractivity (Wildman–Crippen MR) is 73.6 cm³/mol. The number of hydrogen-bond acceptors (Lipinski definition) is 3. The number of aryl methyl sites for hydroxylation is 1. The standard InChI is InChI=1S/C15H13ClN2O/c1-9-8-17-18-13-6-10(7-14(19)15(9)13)11-4-2-3-5-12(11)16/h2-5,8,10H,6-7H2,1H3/t10-/m1/s1. The third kappa shape index (κ3) is 2.15. The van der Waals surface area contributed by atoms with E-state index in [1.165, 1.54) is 0 Å². The van der Waals surface area contributed by atoms with Crippen LogP contribution >= 0.6 is 11.6 Å². The van der Waals surface area contributed by atoms with Gasteiger partial charge in [0.1, 0.15) is 0 Å². The molecule has 1 heterocycles. The summed E-state index contributed by atoms with van der Waals surface area (Å²) in [6.07, 6.45) is 2.86. The van der Waals surface area contributed by atoms with Gasteiger partial charge in [-0.3, -0.25) is 4.79 Å². The van der Waals surface area contributed by atoms with E-state index < -0.39 is 0 Å². The first-order valence-corrected chi connectivity index (χ1v) is 6.63. The highest BCUT2D eigenvalue weighted by atomic mass is 35.5. The number of nitrogens with zero attached hydrogens (tertiary/aromatic N) is 2. The maximum atomic E-state index is 12.3. The molecule has 0 fully saturated rings. The molecule has 0 saturated carbocycles. The lowest BCUT2D eigenvalue weighted by atomic mass is 9.81. The van der Waals surface area contributed by atoms with Gasteiger partial charge in [0.15, 0.2) is 5.78 Å². The number of aromatic nitrogens is 2. The summed E-state index contributed by atoms with van der Waals surface area (Å²) in [5.74, 6) is 0.239. The first-order valence-electron chi connectivity index (χ1n) is 6.25. The second-order valence-electron chi connectivity index (χ2n) is 4.90. The Balaban J connectivity index is 2.03. The molecule has 1 aromatic heterocycles. The molecule has 4 heteroatoms. The average Bonchev–Trinajstić information content (AvgIpc) is 2.39. The summed E-state index contributed by atoms with van der Waals surface area (Å²) in [6, 6.07) is 7.69. The van der Waals surface area contributed by atoms with E-state index in [0.717, 1.165) is 28.8 Å². The number of fused-ring (bicyclic) bond motifs is 1. The monoisotopic (exact) mass is 272 g/mol. The number of ketones is 1. The van der Waals surface area contributed by atoms with Gasteiger partial charge in [-0.15, -0.1) is 0 Å². The average molecular weight is 273 g/mol. The Morgan fingerprint density at radius 1 is 1.26 bits per heavy atom. The minimum absolute atomic E-state index is 0.102. The molecule has 0 N–H and O–H groups in total. The summed E-state index contributed by atoms with van der Waals surface area (Å²) in [5.41, 5.74) is 3.47.